The first-order chi connectivity index (χ1) is 9.53. The van der Waals surface area contributed by atoms with Gasteiger partial charge in [-0.3, -0.25) is 0 Å². The molecule has 1 aliphatic heterocycles. The Kier molecular flexibility index (Phi) is 3.74. The van der Waals surface area contributed by atoms with Crippen LogP contribution in [-0.2, 0) is 11.2 Å². The zero-order chi connectivity index (χ0) is 14.2. The molecule has 1 aromatic rings. The summed E-state index contributed by atoms with van der Waals surface area (Å²) in [4.78, 5) is 0. The van der Waals surface area contributed by atoms with E-state index in [4.69, 9.17) is 15.2 Å². The van der Waals surface area contributed by atoms with E-state index in [1.807, 2.05) is 6.07 Å². The number of fused-ring (bicyclic) bond motifs is 1. The van der Waals surface area contributed by atoms with E-state index in [1.54, 1.807) is 0 Å². The van der Waals surface area contributed by atoms with Gasteiger partial charge in [-0.05, 0) is 69.2 Å². The average Bonchev–Trinajstić information content (AvgIpc) is 2.76. The third kappa shape index (κ3) is 2.99. The number of hydrogen-bond donors (Lipinski definition) is 1. The van der Waals surface area contributed by atoms with Crippen molar-refractivity contribution in [2.24, 2.45) is 5.73 Å². The maximum atomic E-state index is 6.14. The molecule has 0 saturated carbocycles. The number of nitrogens with two attached hydrogens (primary N) is 1. The maximum absolute atomic E-state index is 6.14. The lowest BCUT2D eigenvalue weighted by atomic mass is 9.88. The molecule has 2 unspecified atom stereocenters. The normalized spacial score (nSPS) is 28.1. The molecule has 0 spiro atoms. The van der Waals surface area contributed by atoms with Gasteiger partial charge in [0.1, 0.15) is 12.4 Å². The van der Waals surface area contributed by atoms with E-state index in [9.17, 15) is 0 Å². The van der Waals surface area contributed by atoms with Gasteiger partial charge in [0.2, 0.25) is 0 Å². The minimum atomic E-state index is 0.0106. The highest BCUT2D eigenvalue weighted by atomic mass is 16.6. The molecule has 0 bridgehead atoms. The Balaban J connectivity index is 1.61. The standard InChI is InChI=1S/C17H25NO2/c1-17(2)9-8-14(20-17)11-19-13-6-7-15-12(10-13)4-3-5-16(15)18/h6-7,10,14,16H,3-5,8-9,11,18H2,1-2H3. The maximum Gasteiger partial charge on any atom is 0.119 e. The SMILES string of the molecule is CC1(C)CCC(COc2ccc3c(c2)CCCC3N)O1. The Morgan fingerprint density at radius 1 is 1.35 bits per heavy atom. The molecule has 3 rings (SSSR count). The van der Waals surface area contributed by atoms with Crippen molar-refractivity contribution in [2.75, 3.05) is 6.61 Å². The quantitative estimate of drug-likeness (QED) is 0.920. The molecule has 110 valence electrons. The predicted octanol–water partition coefficient (Wildman–Crippen LogP) is 3.36. The van der Waals surface area contributed by atoms with Gasteiger partial charge in [-0.1, -0.05) is 6.07 Å². The Labute approximate surface area is 121 Å². The Morgan fingerprint density at radius 2 is 2.20 bits per heavy atom. The highest BCUT2D eigenvalue weighted by Gasteiger charge is 2.31. The van der Waals surface area contributed by atoms with Gasteiger partial charge in [0.15, 0.2) is 0 Å². The smallest absolute Gasteiger partial charge is 0.119 e. The molecule has 2 aliphatic rings. The molecule has 2 atom stereocenters. The number of benzene rings is 1. The summed E-state index contributed by atoms with van der Waals surface area (Å²) in [6.45, 7) is 4.94. The van der Waals surface area contributed by atoms with Crippen LogP contribution in [0.5, 0.6) is 5.75 Å². The van der Waals surface area contributed by atoms with Gasteiger partial charge in [0.05, 0.1) is 11.7 Å². The minimum absolute atomic E-state index is 0.0106. The minimum Gasteiger partial charge on any atom is -0.491 e. The van der Waals surface area contributed by atoms with Crippen LogP contribution in [0.25, 0.3) is 0 Å². The van der Waals surface area contributed by atoms with Crippen LogP contribution in [0.2, 0.25) is 0 Å². The van der Waals surface area contributed by atoms with Crippen LogP contribution in [0.3, 0.4) is 0 Å². The molecule has 3 nitrogen and oxygen atoms in total. The summed E-state index contributed by atoms with van der Waals surface area (Å²) in [5.41, 5.74) is 8.80. The van der Waals surface area contributed by atoms with Crippen LogP contribution < -0.4 is 10.5 Å². The van der Waals surface area contributed by atoms with Crippen molar-refractivity contribution in [3.63, 3.8) is 0 Å². The summed E-state index contributed by atoms with van der Waals surface area (Å²) in [5.74, 6) is 0.950. The molecule has 1 saturated heterocycles. The Bertz CT molecular complexity index is 484. The van der Waals surface area contributed by atoms with Crippen molar-refractivity contribution >= 4 is 0 Å². The lowest BCUT2D eigenvalue weighted by molar-refractivity contribution is -0.0326. The van der Waals surface area contributed by atoms with Gasteiger partial charge in [0.25, 0.3) is 0 Å². The molecule has 0 radical (unpaired) electrons. The molecule has 1 fully saturated rings. The Hall–Kier alpha value is -1.06. The van der Waals surface area contributed by atoms with E-state index in [0.29, 0.717) is 6.61 Å². The van der Waals surface area contributed by atoms with Gasteiger partial charge >= 0.3 is 0 Å². The highest BCUT2D eigenvalue weighted by Crippen LogP contribution is 2.32. The van der Waals surface area contributed by atoms with E-state index < -0.39 is 0 Å². The van der Waals surface area contributed by atoms with E-state index >= 15 is 0 Å². The molecule has 0 amide bonds. The highest BCUT2D eigenvalue weighted by molar-refractivity contribution is 5.38. The average molecular weight is 275 g/mol. The fraction of sp³-hybridized carbons (Fsp3) is 0.647. The molecular weight excluding hydrogens is 250 g/mol. The molecule has 20 heavy (non-hydrogen) atoms. The van der Waals surface area contributed by atoms with Crippen LogP contribution in [-0.4, -0.2) is 18.3 Å². The predicted molar refractivity (Wildman–Crippen MR) is 80.0 cm³/mol. The molecular formula is C17H25NO2. The van der Waals surface area contributed by atoms with E-state index in [2.05, 4.69) is 26.0 Å². The summed E-state index contributed by atoms with van der Waals surface area (Å²) < 4.78 is 11.9. The van der Waals surface area contributed by atoms with Crippen LogP contribution >= 0.6 is 0 Å². The van der Waals surface area contributed by atoms with Gasteiger partial charge in [0, 0.05) is 6.04 Å². The van der Waals surface area contributed by atoms with Crippen molar-refractivity contribution < 1.29 is 9.47 Å². The number of hydrogen-bond acceptors (Lipinski definition) is 3. The van der Waals surface area contributed by atoms with Crippen molar-refractivity contribution in [3.8, 4) is 5.75 Å². The fourth-order valence-corrected chi connectivity index (χ4v) is 3.30. The Morgan fingerprint density at radius 3 is 2.95 bits per heavy atom. The molecule has 3 heteroatoms. The van der Waals surface area contributed by atoms with Crippen molar-refractivity contribution in [2.45, 2.75) is 63.7 Å². The van der Waals surface area contributed by atoms with E-state index in [-0.39, 0.29) is 17.7 Å². The topological polar surface area (TPSA) is 44.5 Å². The van der Waals surface area contributed by atoms with Crippen molar-refractivity contribution in [1.29, 1.82) is 0 Å². The zero-order valence-corrected chi connectivity index (χ0v) is 12.5. The molecule has 2 N–H and O–H groups in total. The first-order valence-corrected chi connectivity index (χ1v) is 7.72. The second-order valence-electron chi connectivity index (χ2n) is 6.71. The largest absolute Gasteiger partial charge is 0.491 e. The van der Waals surface area contributed by atoms with Crippen LogP contribution in [0.1, 0.15) is 56.7 Å². The number of aryl methyl sites for hydroxylation is 1. The lowest BCUT2D eigenvalue weighted by Crippen LogP contribution is -2.24. The van der Waals surface area contributed by atoms with E-state index in [1.165, 1.54) is 17.5 Å². The number of ether oxygens (including phenoxy) is 2. The first-order valence-electron chi connectivity index (χ1n) is 7.72. The fourth-order valence-electron chi connectivity index (χ4n) is 3.30. The molecule has 1 aromatic carbocycles. The van der Waals surface area contributed by atoms with Crippen molar-refractivity contribution in [1.82, 2.24) is 0 Å². The number of rotatable bonds is 3. The molecule has 1 aliphatic carbocycles. The second-order valence-corrected chi connectivity index (χ2v) is 6.71. The van der Waals surface area contributed by atoms with Crippen LogP contribution in [0.4, 0.5) is 0 Å². The summed E-state index contributed by atoms with van der Waals surface area (Å²) in [7, 11) is 0. The zero-order valence-electron chi connectivity index (χ0n) is 12.5. The van der Waals surface area contributed by atoms with Crippen molar-refractivity contribution in [3.05, 3.63) is 29.3 Å². The third-order valence-corrected chi connectivity index (χ3v) is 4.47. The summed E-state index contributed by atoms with van der Waals surface area (Å²) in [5, 5.41) is 0. The third-order valence-electron chi connectivity index (χ3n) is 4.47. The van der Waals surface area contributed by atoms with Crippen LogP contribution in [0, 0.1) is 0 Å². The first kappa shape index (κ1) is 13.9. The van der Waals surface area contributed by atoms with Crippen LogP contribution in [0.15, 0.2) is 18.2 Å². The lowest BCUT2D eigenvalue weighted by Gasteiger charge is -2.23. The monoisotopic (exact) mass is 275 g/mol. The van der Waals surface area contributed by atoms with Gasteiger partial charge in [-0.2, -0.15) is 0 Å². The van der Waals surface area contributed by atoms with Gasteiger partial charge < -0.3 is 15.2 Å². The summed E-state index contributed by atoms with van der Waals surface area (Å²) in [6.07, 6.45) is 5.81. The van der Waals surface area contributed by atoms with Gasteiger partial charge in [-0.15, -0.1) is 0 Å². The van der Waals surface area contributed by atoms with E-state index in [0.717, 1.165) is 31.4 Å². The summed E-state index contributed by atoms with van der Waals surface area (Å²) >= 11 is 0. The molecule has 1 heterocycles. The molecule has 0 aromatic heterocycles. The summed E-state index contributed by atoms with van der Waals surface area (Å²) in [6, 6.07) is 6.54. The van der Waals surface area contributed by atoms with Gasteiger partial charge in [-0.25, -0.2) is 0 Å². The second kappa shape index (κ2) is 5.38.